The van der Waals surface area contributed by atoms with Crippen LogP contribution in [0.25, 0.3) is 0 Å². The van der Waals surface area contributed by atoms with Crippen LogP contribution in [-0.4, -0.2) is 44.2 Å². The molecule has 0 unspecified atom stereocenters. The van der Waals surface area contributed by atoms with Gasteiger partial charge in [0, 0.05) is 13.5 Å². The predicted molar refractivity (Wildman–Crippen MR) is 114 cm³/mol. The van der Waals surface area contributed by atoms with Crippen LogP contribution < -0.4 is 5.32 Å². The molecule has 4 nitrogen and oxygen atoms in total. The standard InChI is InChI=1S/C24H37FN2O2/c1-23(2,3)10-13-27-14-11-24(12-15-27)9-7-21(26-22(28)8-16-29-4)19-6-5-18(25)17-20(19)24/h5-6,17,21H,7-16H2,1-4H3,(H,26,28)/t21-/m1/s1. The molecule has 162 valence electrons. The number of ether oxygens (including phenoxy) is 1. The molecular formula is C24H37FN2O2. The Morgan fingerprint density at radius 3 is 2.66 bits per heavy atom. The summed E-state index contributed by atoms with van der Waals surface area (Å²) in [6, 6.07) is 5.12. The molecule has 1 aliphatic heterocycles. The van der Waals surface area contributed by atoms with Gasteiger partial charge < -0.3 is 15.0 Å². The highest BCUT2D eigenvalue weighted by Crippen LogP contribution is 2.48. The molecule has 1 aliphatic carbocycles. The number of fused-ring (bicyclic) bond motifs is 2. The Morgan fingerprint density at radius 1 is 1.28 bits per heavy atom. The highest BCUT2D eigenvalue weighted by atomic mass is 19.1. The van der Waals surface area contributed by atoms with Crippen molar-refractivity contribution in [1.82, 2.24) is 10.2 Å². The van der Waals surface area contributed by atoms with E-state index >= 15 is 0 Å². The molecule has 1 N–H and O–H groups in total. The van der Waals surface area contributed by atoms with Gasteiger partial charge in [0.2, 0.25) is 5.91 Å². The summed E-state index contributed by atoms with van der Waals surface area (Å²) in [5.41, 5.74) is 2.62. The molecule has 1 aromatic rings. The number of benzene rings is 1. The Morgan fingerprint density at radius 2 is 2.00 bits per heavy atom. The Hall–Kier alpha value is -1.46. The van der Waals surface area contributed by atoms with Crippen molar-refractivity contribution in [1.29, 1.82) is 0 Å². The lowest BCUT2D eigenvalue weighted by Gasteiger charge is -2.47. The molecular weight excluding hydrogens is 367 g/mol. The van der Waals surface area contributed by atoms with Crippen molar-refractivity contribution in [2.45, 2.75) is 70.8 Å². The zero-order valence-electron chi connectivity index (χ0n) is 18.5. The Bertz CT molecular complexity index is 705. The van der Waals surface area contributed by atoms with E-state index in [-0.39, 0.29) is 23.2 Å². The summed E-state index contributed by atoms with van der Waals surface area (Å²) in [7, 11) is 1.60. The van der Waals surface area contributed by atoms with Crippen molar-refractivity contribution in [2.75, 3.05) is 33.4 Å². The first-order chi connectivity index (χ1) is 13.7. The maximum Gasteiger partial charge on any atom is 0.222 e. The second kappa shape index (κ2) is 9.13. The van der Waals surface area contributed by atoms with E-state index in [2.05, 4.69) is 31.0 Å². The van der Waals surface area contributed by atoms with Crippen molar-refractivity contribution < 1.29 is 13.9 Å². The summed E-state index contributed by atoms with van der Waals surface area (Å²) < 4.78 is 19.2. The maximum atomic E-state index is 14.2. The Kier molecular flexibility index (Phi) is 7.00. The van der Waals surface area contributed by atoms with Gasteiger partial charge in [-0.3, -0.25) is 4.79 Å². The number of hydrogen-bond donors (Lipinski definition) is 1. The van der Waals surface area contributed by atoms with Crippen LogP contribution in [0.5, 0.6) is 0 Å². The van der Waals surface area contributed by atoms with Crippen molar-refractivity contribution in [3.63, 3.8) is 0 Å². The van der Waals surface area contributed by atoms with E-state index in [0.717, 1.165) is 56.4 Å². The van der Waals surface area contributed by atoms with Gasteiger partial charge in [-0.05, 0) is 85.8 Å². The van der Waals surface area contributed by atoms with Gasteiger partial charge in [-0.15, -0.1) is 0 Å². The van der Waals surface area contributed by atoms with Gasteiger partial charge in [-0.25, -0.2) is 4.39 Å². The highest BCUT2D eigenvalue weighted by molar-refractivity contribution is 5.76. The summed E-state index contributed by atoms with van der Waals surface area (Å²) in [6.45, 7) is 10.6. The lowest BCUT2D eigenvalue weighted by molar-refractivity contribution is -0.122. The van der Waals surface area contributed by atoms with Gasteiger partial charge in [0.15, 0.2) is 0 Å². The van der Waals surface area contributed by atoms with Gasteiger partial charge in [-0.1, -0.05) is 26.8 Å². The van der Waals surface area contributed by atoms with E-state index in [1.807, 2.05) is 6.07 Å². The average molecular weight is 405 g/mol. The number of nitrogens with one attached hydrogen (secondary N) is 1. The molecule has 1 amide bonds. The Balaban J connectivity index is 1.72. The van der Waals surface area contributed by atoms with Crippen LogP contribution in [0.15, 0.2) is 18.2 Å². The van der Waals surface area contributed by atoms with E-state index in [1.165, 1.54) is 12.5 Å². The lowest BCUT2D eigenvalue weighted by Crippen LogP contribution is -2.47. The molecule has 1 aromatic carbocycles. The molecule has 0 saturated carbocycles. The fourth-order valence-electron chi connectivity index (χ4n) is 4.83. The number of nitrogens with zero attached hydrogens (tertiary/aromatic N) is 1. The zero-order valence-corrected chi connectivity index (χ0v) is 18.5. The second-order valence-corrected chi connectivity index (χ2v) is 10.1. The van der Waals surface area contributed by atoms with Gasteiger partial charge in [-0.2, -0.15) is 0 Å². The third-order valence-corrected chi connectivity index (χ3v) is 6.73. The van der Waals surface area contributed by atoms with Gasteiger partial charge >= 0.3 is 0 Å². The van der Waals surface area contributed by atoms with E-state index in [4.69, 9.17) is 4.74 Å². The fourth-order valence-corrected chi connectivity index (χ4v) is 4.83. The molecule has 1 fully saturated rings. The summed E-state index contributed by atoms with van der Waals surface area (Å²) in [5.74, 6) is -0.176. The number of hydrogen-bond acceptors (Lipinski definition) is 3. The van der Waals surface area contributed by atoms with Gasteiger partial charge in [0.25, 0.3) is 0 Å². The van der Waals surface area contributed by atoms with E-state index in [0.29, 0.717) is 18.4 Å². The molecule has 1 spiro atoms. The van der Waals surface area contributed by atoms with Crippen LogP contribution in [0.3, 0.4) is 0 Å². The van der Waals surface area contributed by atoms with Crippen LogP contribution in [0.2, 0.25) is 0 Å². The minimum absolute atomic E-state index is 0.0000690. The molecule has 3 rings (SSSR count). The summed E-state index contributed by atoms with van der Waals surface area (Å²) in [5, 5.41) is 3.15. The fraction of sp³-hybridized carbons (Fsp3) is 0.708. The summed E-state index contributed by atoms with van der Waals surface area (Å²) >= 11 is 0. The molecule has 0 bridgehead atoms. The number of carbonyl (C=O) groups is 1. The van der Waals surface area contributed by atoms with E-state index < -0.39 is 0 Å². The first kappa shape index (κ1) is 22.2. The SMILES string of the molecule is COCCC(=O)N[C@@H]1CCC2(CCN(CCC(C)(C)C)CC2)c2cc(F)ccc21. The van der Waals surface area contributed by atoms with Crippen LogP contribution in [-0.2, 0) is 14.9 Å². The molecule has 29 heavy (non-hydrogen) atoms. The van der Waals surface area contributed by atoms with Gasteiger partial charge in [0.05, 0.1) is 12.6 Å². The quantitative estimate of drug-likeness (QED) is 0.754. The molecule has 1 saturated heterocycles. The summed E-state index contributed by atoms with van der Waals surface area (Å²) in [6.07, 6.45) is 5.61. The zero-order chi connectivity index (χ0) is 21.1. The number of methoxy groups -OCH3 is 1. The predicted octanol–water partition coefficient (Wildman–Crippen LogP) is 4.58. The second-order valence-electron chi connectivity index (χ2n) is 10.1. The number of likely N-dealkylation sites (tertiary alicyclic amines) is 1. The number of piperidine rings is 1. The largest absolute Gasteiger partial charge is 0.384 e. The monoisotopic (exact) mass is 404 g/mol. The normalized spacial score (nSPS) is 21.8. The van der Waals surface area contributed by atoms with Crippen molar-refractivity contribution in [3.8, 4) is 0 Å². The minimum atomic E-state index is -0.176. The van der Waals surface area contributed by atoms with E-state index in [1.54, 1.807) is 13.2 Å². The van der Waals surface area contributed by atoms with Crippen LogP contribution in [0, 0.1) is 11.2 Å². The van der Waals surface area contributed by atoms with Crippen molar-refractivity contribution in [2.24, 2.45) is 5.41 Å². The maximum absolute atomic E-state index is 14.2. The molecule has 0 radical (unpaired) electrons. The molecule has 1 atom stereocenters. The number of rotatable bonds is 6. The molecule has 2 aliphatic rings. The average Bonchev–Trinajstić information content (AvgIpc) is 2.68. The van der Waals surface area contributed by atoms with Crippen LogP contribution in [0.4, 0.5) is 4.39 Å². The highest BCUT2D eigenvalue weighted by Gasteiger charge is 2.42. The van der Waals surface area contributed by atoms with Crippen LogP contribution >= 0.6 is 0 Å². The van der Waals surface area contributed by atoms with Crippen LogP contribution in [0.1, 0.15) is 76.5 Å². The van der Waals surface area contributed by atoms with Crippen molar-refractivity contribution in [3.05, 3.63) is 35.1 Å². The third kappa shape index (κ3) is 5.58. The van der Waals surface area contributed by atoms with Crippen molar-refractivity contribution >= 4 is 5.91 Å². The minimum Gasteiger partial charge on any atom is -0.384 e. The lowest BCUT2D eigenvalue weighted by atomic mass is 9.63. The first-order valence-corrected chi connectivity index (χ1v) is 11.0. The number of amides is 1. The molecule has 1 heterocycles. The smallest absolute Gasteiger partial charge is 0.222 e. The van der Waals surface area contributed by atoms with Gasteiger partial charge in [0.1, 0.15) is 5.82 Å². The van der Waals surface area contributed by atoms with E-state index in [9.17, 15) is 9.18 Å². The molecule has 5 heteroatoms. The summed E-state index contributed by atoms with van der Waals surface area (Å²) in [4.78, 5) is 14.8. The topological polar surface area (TPSA) is 41.6 Å². The number of halogens is 1. The first-order valence-electron chi connectivity index (χ1n) is 11.0. The Labute approximate surface area is 175 Å². The molecule has 0 aromatic heterocycles. The third-order valence-electron chi connectivity index (χ3n) is 6.73. The number of carbonyl (C=O) groups excluding carboxylic acids is 1.